The molecule has 0 fully saturated rings. The summed E-state index contributed by atoms with van der Waals surface area (Å²) >= 11 is 5.82. The van der Waals surface area contributed by atoms with Crippen molar-refractivity contribution in [2.45, 2.75) is 19.0 Å². The predicted molar refractivity (Wildman–Crippen MR) is 110 cm³/mol. The summed E-state index contributed by atoms with van der Waals surface area (Å²) < 4.78 is 59.0. The van der Waals surface area contributed by atoms with E-state index in [1.165, 1.54) is 21.3 Å². The third-order valence-electron chi connectivity index (χ3n) is 4.27. The number of methoxy groups -OCH3 is 3. The lowest BCUT2D eigenvalue weighted by molar-refractivity contribution is -0.147. The Hall–Kier alpha value is -3.14. The molecule has 0 spiro atoms. The van der Waals surface area contributed by atoms with Crippen molar-refractivity contribution in [2.24, 2.45) is 0 Å². The fourth-order valence-electron chi connectivity index (χ4n) is 2.73. The summed E-state index contributed by atoms with van der Waals surface area (Å²) in [4.78, 5) is 24.0. The van der Waals surface area contributed by atoms with Crippen LogP contribution in [0.3, 0.4) is 0 Å². The van der Waals surface area contributed by atoms with E-state index in [1.54, 1.807) is 12.1 Å². The Kier molecular flexibility index (Phi) is 8.59. The fraction of sp³-hybridized carbons (Fsp3) is 0.333. The van der Waals surface area contributed by atoms with Crippen molar-refractivity contribution in [3.63, 3.8) is 0 Å². The number of hydrogen-bond donors (Lipinski definition) is 1. The molecule has 11 heteroatoms. The Morgan fingerprint density at radius 2 is 1.62 bits per heavy atom. The van der Waals surface area contributed by atoms with Gasteiger partial charge in [-0.3, -0.25) is 9.59 Å². The number of nitrogens with one attached hydrogen (secondary N) is 1. The average Bonchev–Trinajstić information content (AvgIpc) is 2.76. The molecule has 0 unspecified atom stereocenters. The zero-order valence-corrected chi connectivity index (χ0v) is 18.2. The molecule has 0 aliphatic carbocycles. The third kappa shape index (κ3) is 6.68. The van der Waals surface area contributed by atoms with Gasteiger partial charge in [-0.25, -0.2) is 0 Å². The molecule has 2 aromatic rings. The summed E-state index contributed by atoms with van der Waals surface area (Å²) in [6, 6.07) is 5.87. The van der Waals surface area contributed by atoms with Gasteiger partial charge in [0.25, 0.3) is 5.91 Å². The zero-order valence-electron chi connectivity index (χ0n) is 17.5. The number of aryl methyl sites for hydroxylation is 1. The molecule has 32 heavy (non-hydrogen) atoms. The number of anilines is 1. The van der Waals surface area contributed by atoms with E-state index >= 15 is 0 Å². The van der Waals surface area contributed by atoms with Crippen molar-refractivity contribution in [3.05, 3.63) is 46.5 Å². The molecule has 0 saturated heterocycles. The monoisotopic (exact) mass is 475 g/mol. The molecule has 7 nitrogen and oxygen atoms in total. The number of esters is 1. The van der Waals surface area contributed by atoms with Gasteiger partial charge in [-0.05, 0) is 42.3 Å². The highest BCUT2D eigenvalue weighted by molar-refractivity contribution is 6.33. The number of carbonyl (C=O) groups excluding carboxylic acids is 2. The Morgan fingerprint density at radius 3 is 2.16 bits per heavy atom. The molecule has 174 valence electrons. The summed E-state index contributed by atoms with van der Waals surface area (Å²) in [7, 11) is 4.39. The van der Waals surface area contributed by atoms with Crippen molar-refractivity contribution in [1.29, 1.82) is 0 Å². The Bertz CT molecular complexity index is 955. The van der Waals surface area contributed by atoms with Gasteiger partial charge in [-0.2, -0.15) is 13.2 Å². The summed E-state index contributed by atoms with van der Waals surface area (Å²) in [6.07, 6.45) is -4.39. The third-order valence-corrected chi connectivity index (χ3v) is 4.60. The number of amides is 1. The second-order valence-corrected chi connectivity index (χ2v) is 6.84. The van der Waals surface area contributed by atoms with Crippen LogP contribution in [0, 0.1) is 0 Å². The maximum Gasteiger partial charge on any atom is 0.416 e. The van der Waals surface area contributed by atoms with Gasteiger partial charge in [0.05, 0.1) is 37.6 Å². The first-order chi connectivity index (χ1) is 15.1. The number of ether oxygens (including phenoxy) is 4. The quantitative estimate of drug-likeness (QED) is 0.538. The topological polar surface area (TPSA) is 83.1 Å². The van der Waals surface area contributed by atoms with Crippen LogP contribution in [0.2, 0.25) is 5.02 Å². The Balaban J connectivity index is 1.92. The number of carbonyl (C=O) groups is 2. The molecule has 0 bridgehead atoms. The molecule has 1 amide bonds. The molecule has 0 aromatic heterocycles. The van der Waals surface area contributed by atoms with Crippen LogP contribution >= 0.6 is 11.6 Å². The van der Waals surface area contributed by atoms with Gasteiger partial charge in [0.15, 0.2) is 18.1 Å². The smallest absolute Gasteiger partial charge is 0.416 e. The summed E-state index contributed by atoms with van der Waals surface area (Å²) in [5.41, 5.74) is -0.504. The highest BCUT2D eigenvalue weighted by atomic mass is 35.5. The standard InChI is InChI=1S/C21H21ClF3NO6/c1-29-16-8-12(9-17(30-2)20(16)31-3)4-7-19(28)32-11-18(27)26-15-10-13(21(23,24)25)5-6-14(15)22/h5-6,8-10H,4,7,11H2,1-3H3,(H,26,27). The molecule has 0 saturated carbocycles. The van der Waals surface area contributed by atoms with Gasteiger partial charge in [0, 0.05) is 6.42 Å². The minimum absolute atomic E-state index is 0.0593. The molecule has 2 rings (SSSR count). The average molecular weight is 476 g/mol. The summed E-state index contributed by atoms with van der Waals surface area (Å²) in [5, 5.41) is 2.12. The van der Waals surface area contributed by atoms with E-state index in [2.05, 4.69) is 5.32 Å². The van der Waals surface area contributed by atoms with Gasteiger partial charge < -0.3 is 24.3 Å². The molecular formula is C21H21ClF3NO6. The fourth-order valence-corrected chi connectivity index (χ4v) is 2.89. The van der Waals surface area contributed by atoms with Gasteiger partial charge >= 0.3 is 12.1 Å². The van der Waals surface area contributed by atoms with Crippen molar-refractivity contribution < 1.29 is 41.7 Å². The van der Waals surface area contributed by atoms with Crippen molar-refractivity contribution >= 4 is 29.2 Å². The van der Waals surface area contributed by atoms with Crippen LogP contribution in [0.25, 0.3) is 0 Å². The minimum Gasteiger partial charge on any atom is -0.493 e. The summed E-state index contributed by atoms with van der Waals surface area (Å²) in [5.74, 6) is -0.247. The number of hydrogen-bond acceptors (Lipinski definition) is 6. The first kappa shape index (κ1) is 25.1. The van der Waals surface area contributed by atoms with E-state index in [1.807, 2.05) is 0 Å². The normalized spacial score (nSPS) is 11.0. The molecule has 0 radical (unpaired) electrons. The van der Waals surface area contributed by atoms with Crippen molar-refractivity contribution in [2.75, 3.05) is 33.3 Å². The van der Waals surface area contributed by atoms with Crippen LogP contribution in [0.4, 0.5) is 18.9 Å². The SMILES string of the molecule is COc1cc(CCC(=O)OCC(=O)Nc2cc(C(F)(F)F)ccc2Cl)cc(OC)c1OC. The lowest BCUT2D eigenvalue weighted by Crippen LogP contribution is -2.21. The number of alkyl halides is 3. The van der Waals surface area contributed by atoms with Gasteiger partial charge in [0.2, 0.25) is 5.75 Å². The van der Waals surface area contributed by atoms with E-state index in [-0.39, 0.29) is 23.6 Å². The van der Waals surface area contributed by atoms with Crippen LogP contribution in [0.1, 0.15) is 17.5 Å². The van der Waals surface area contributed by atoms with Crippen molar-refractivity contribution in [1.82, 2.24) is 0 Å². The maximum absolute atomic E-state index is 12.8. The first-order valence-corrected chi connectivity index (χ1v) is 9.58. The number of halogens is 4. The number of benzene rings is 2. The largest absolute Gasteiger partial charge is 0.493 e. The highest BCUT2D eigenvalue weighted by Crippen LogP contribution is 2.38. The minimum atomic E-state index is -4.59. The van der Waals surface area contributed by atoms with Gasteiger partial charge in [-0.1, -0.05) is 11.6 Å². The molecule has 0 aliphatic rings. The van der Waals surface area contributed by atoms with E-state index in [0.717, 1.165) is 12.1 Å². The van der Waals surface area contributed by atoms with E-state index in [9.17, 15) is 22.8 Å². The van der Waals surface area contributed by atoms with Crippen LogP contribution in [-0.4, -0.2) is 39.8 Å². The van der Waals surface area contributed by atoms with Crippen LogP contribution in [0.5, 0.6) is 17.2 Å². The van der Waals surface area contributed by atoms with Crippen LogP contribution in [-0.2, 0) is 26.9 Å². The van der Waals surface area contributed by atoms with Crippen molar-refractivity contribution in [3.8, 4) is 17.2 Å². The van der Waals surface area contributed by atoms with E-state index in [0.29, 0.717) is 28.9 Å². The van der Waals surface area contributed by atoms with Crippen LogP contribution < -0.4 is 19.5 Å². The van der Waals surface area contributed by atoms with Gasteiger partial charge in [0.1, 0.15) is 0 Å². The van der Waals surface area contributed by atoms with Gasteiger partial charge in [-0.15, -0.1) is 0 Å². The molecular weight excluding hydrogens is 455 g/mol. The second-order valence-electron chi connectivity index (χ2n) is 6.43. The zero-order chi connectivity index (χ0) is 23.9. The molecule has 0 atom stereocenters. The second kappa shape index (κ2) is 10.9. The first-order valence-electron chi connectivity index (χ1n) is 9.20. The Morgan fingerprint density at radius 1 is 1.00 bits per heavy atom. The summed E-state index contributed by atoms with van der Waals surface area (Å²) in [6.45, 7) is -0.680. The molecule has 0 heterocycles. The van der Waals surface area contributed by atoms with E-state index < -0.39 is 30.2 Å². The lowest BCUT2D eigenvalue weighted by Gasteiger charge is -2.14. The predicted octanol–water partition coefficient (Wildman–Crippen LogP) is 4.50. The molecule has 0 aliphatic heterocycles. The Labute approximate surface area is 187 Å². The highest BCUT2D eigenvalue weighted by Gasteiger charge is 2.31. The number of rotatable bonds is 9. The molecule has 2 aromatic carbocycles. The molecule has 1 N–H and O–H groups in total. The van der Waals surface area contributed by atoms with E-state index in [4.69, 9.17) is 30.5 Å². The maximum atomic E-state index is 12.8. The lowest BCUT2D eigenvalue weighted by atomic mass is 10.1. The van der Waals surface area contributed by atoms with Crippen LogP contribution in [0.15, 0.2) is 30.3 Å².